The summed E-state index contributed by atoms with van der Waals surface area (Å²) >= 11 is 0. The van der Waals surface area contributed by atoms with E-state index in [1.54, 1.807) is 10.6 Å². The number of H-pyrrole nitrogens is 1. The molecule has 4 aromatic rings. The number of nitrogens with one attached hydrogen (secondary N) is 2. The van der Waals surface area contributed by atoms with Crippen LogP contribution in [0, 0.1) is 0 Å². The summed E-state index contributed by atoms with van der Waals surface area (Å²) in [7, 11) is 0. The van der Waals surface area contributed by atoms with Gasteiger partial charge in [0.25, 0.3) is 11.7 Å². The van der Waals surface area contributed by atoms with Crippen molar-refractivity contribution < 1.29 is 9.59 Å². The highest BCUT2D eigenvalue weighted by molar-refractivity contribution is 6.43. The summed E-state index contributed by atoms with van der Waals surface area (Å²) in [5.41, 5.74) is 8.13. The Morgan fingerprint density at radius 3 is 2.63 bits per heavy atom. The Labute approximate surface area is 154 Å². The van der Waals surface area contributed by atoms with Crippen LogP contribution in [0.4, 0.5) is 5.95 Å². The number of nitrogen functional groups attached to an aromatic ring is 1. The molecule has 0 saturated carbocycles. The Morgan fingerprint density at radius 2 is 1.89 bits per heavy atom. The Morgan fingerprint density at radius 1 is 1.11 bits per heavy atom. The van der Waals surface area contributed by atoms with Crippen LogP contribution in [-0.2, 0) is 11.3 Å². The SMILES string of the molecule is Nc1n[nH]c(CNC(=O)C(=O)c2c(-c3ccccc3)cc3ccccn23)n1. The van der Waals surface area contributed by atoms with E-state index >= 15 is 0 Å². The molecule has 0 aliphatic heterocycles. The number of hydrogen-bond donors (Lipinski definition) is 3. The first-order valence-electron chi connectivity index (χ1n) is 8.28. The van der Waals surface area contributed by atoms with Crippen molar-refractivity contribution in [2.75, 3.05) is 5.73 Å². The molecule has 0 fully saturated rings. The van der Waals surface area contributed by atoms with Gasteiger partial charge < -0.3 is 15.5 Å². The second-order valence-corrected chi connectivity index (χ2v) is 5.92. The largest absolute Gasteiger partial charge is 0.367 e. The van der Waals surface area contributed by atoms with Gasteiger partial charge in [0, 0.05) is 17.3 Å². The number of carbonyl (C=O) groups is 2. The predicted octanol–water partition coefficient (Wildman–Crippen LogP) is 1.81. The van der Waals surface area contributed by atoms with Crippen LogP contribution < -0.4 is 11.1 Å². The zero-order valence-corrected chi connectivity index (χ0v) is 14.2. The third kappa shape index (κ3) is 3.15. The fraction of sp³-hybridized carbons (Fsp3) is 0.0526. The van der Waals surface area contributed by atoms with Gasteiger partial charge in [-0.25, -0.2) is 0 Å². The second kappa shape index (κ2) is 6.75. The molecule has 0 atom stereocenters. The topological polar surface area (TPSA) is 118 Å². The number of nitrogens with two attached hydrogens (primary N) is 1. The van der Waals surface area contributed by atoms with E-state index in [2.05, 4.69) is 20.5 Å². The highest BCUT2D eigenvalue weighted by atomic mass is 16.2. The molecule has 27 heavy (non-hydrogen) atoms. The molecule has 4 rings (SSSR count). The molecule has 0 bridgehead atoms. The summed E-state index contributed by atoms with van der Waals surface area (Å²) in [6.07, 6.45) is 1.76. The Balaban J connectivity index is 1.69. The number of hydrogen-bond acceptors (Lipinski definition) is 5. The van der Waals surface area contributed by atoms with Crippen molar-refractivity contribution in [2.45, 2.75) is 6.54 Å². The van der Waals surface area contributed by atoms with E-state index in [0.717, 1.165) is 11.1 Å². The van der Waals surface area contributed by atoms with E-state index in [9.17, 15) is 9.59 Å². The number of carbonyl (C=O) groups excluding carboxylic acids is 2. The third-order valence-electron chi connectivity index (χ3n) is 4.15. The maximum Gasteiger partial charge on any atom is 0.294 e. The molecule has 0 saturated heterocycles. The minimum atomic E-state index is -0.731. The van der Waals surface area contributed by atoms with Gasteiger partial charge in [-0.15, -0.1) is 5.10 Å². The Kier molecular flexibility index (Phi) is 4.13. The number of anilines is 1. The molecular formula is C19H16N6O2. The van der Waals surface area contributed by atoms with Crippen molar-refractivity contribution >= 4 is 23.2 Å². The zero-order chi connectivity index (χ0) is 18.8. The minimum absolute atomic E-state index is 0.0265. The van der Waals surface area contributed by atoms with E-state index in [1.807, 2.05) is 54.6 Å². The van der Waals surface area contributed by atoms with Crippen LogP contribution in [0.2, 0.25) is 0 Å². The molecule has 0 aliphatic carbocycles. The van der Waals surface area contributed by atoms with Crippen LogP contribution in [0.15, 0.2) is 60.8 Å². The van der Waals surface area contributed by atoms with E-state index in [1.165, 1.54) is 0 Å². The van der Waals surface area contributed by atoms with Crippen LogP contribution >= 0.6 is 0 Å². The van der Waals surface area contributed by atoms with Gasteiger partial charge >= 0.3 is 0 Å². The molecule has 134 valence electrons. The smallest absolute Gasteiger partial charge is 0.294 e. The monoisotopic (exact) mass is 360 g/mol. The molecular weight excluding hydrogens is 344 g/mol. The maximum absolute atomic E-state index is 12.9. The van der Waals surface area contributed by atoms with Gasteiger partial charge in [0.2, 0.25) is 5.95 Å². The number of aromatic nitrogens is 4. The van der Waals surface area contributed by atoms with Crippen LogP contribution in [-0.4, -0.2) is 31.3 Å². The predicted molar refractivity (Wildman–Crippen MR) is 99.8 cm³/mol. The number of ketones is 1. The number of aromatic amines is 1. The lowest BCUT2D eigenvalue weighted by atomic mass is 10.0. The van der Waals surface area contributed by atoms with Gasteiger partial charge in [-0.3, -0.25) is 14.7 Å². The number of pyridine rings is 1. The molecule has 3 heterocycles. The highest BCUT2D eigenvalue weighted by Gasteiger charge is 2.24. The van der Waals surface area contributed by atoms with Crippen LogP contribution in [0.3, 0.4) is 0 Å². The van der Waals surface area contributed by atoms with Gasteiger partial charge in [0.15, 0.2) is 0 Å². The van der Waals surface area contributed by atoms with E-state index in [0.29, 0.717) is 17.1 Å². The van der Waals surface area contributed by atoms with E-state index in [-0.39, 0.29) is 12.5 Å². The molecule has 8 heteroatoms. The van der Waals surface area contributed by atoms with Crippen molar-refractivity contribution in [1.29, 1.82) is 0 Å². The summed E-state index contributed by atoms with van der Waals surface area (Å²) < 4.78 is 1.72. The zero-order valence-electron chi connectivity index (χ0n) is 14.2. The Hall–Kier alpha value is -3.94. The summed E-state index contributed by atoms with van der Waals surface area (Å²) in [4.78, 5) is 29.3. The van der Waals surface area contributed by atoms with Crippen molar-refractivity contribution in [3.8, 4) is 11.1 Å². The fourth-order valence-corrected chi connectivity index (χ4v) is 2.93. The van der Waals surface area contributed by atoms with Gasteiger partial charge in [0.1, 0.15) is 11.5 Å². The molecule has 0 spiro atoms. The van der Waals surface area contributed by atoms with Gasteiger partial charge in [-0.05, 0) is 23.8 Å². The standard InChI is InChI=1S/C19H16N6O2/c20-19-22-15(23-24-19)11-21-18(27)17(26)16-14(12-6-2-1-3-7-12)10-13-8-4-5-9-25(13)16/h1-10H,11H2,(H,21,27)(H3,20,22,23,24). The van der Waals surface area contributed by atoms with Crippen LogP contribution in [0.25, 0.3) is 16.6 Å². The summed E-state index contributed by atoms with van der Waals surface area (Å²) in [5, 5.41) is 8.82. The van der Waals surface area contributed by atoms with Crippen molar-refractivity contribution in [3.63, 3.8) is 0 Å². The second-order valence-electron chi connectivity index (χ2n) is 5.92. The minimum Gasteiger partial charge on any atom is -0.367 e. The van der Waals surface area contributed by atoms with Crippen LogP contribution in [0.1, 0.15) is 16.3 Å². The molecule has 1 amide bonds. The lowest BCUT2D eigenvalue weighted by molar-refractivity contribution is -0.117. The molecule has 0 unspecified atom stereocenters. The van der Waals surface area contributed by atoms with Gasteiger partial charge in [-0.2, -0.15) is 4.98 Å². The third-order valence-corrected chi connectivity index (χ3v) is 4.15. The number of amides is 1. The van der Waals surface area contributed by atoms with Crippen molar-refractivity contribution in [1.82, 2.24) is 24.9 Å². The number of Topliss-reactive ketones (excluding diaryl/α,β-unsaturated/α-hetero) is 1. The fourth-order valence-electron chi connectivity index (χ4n) is 2.93. The summed E-state index contributed by atoms with van der Waals surface area (Å²) in [6.45, 7) is 0.0265. The average molecular weight is 360 g/mol. The van der Waals surface area contributed by atoms with Gasteiger partial charge in [-0.1, -0.05) is 36.4 Å². The summed E-state index contributed by atoms with van der Waals surface area (Å²) in [6, 6.07) is 17.0. The Bertz CT molecular complexity index is 1130. The lowest BCUT2D eigenvalue weighted by Crippen LogP contribution is -2.32. The van der Waals surface area contributed by atoms with Crippen LogP contribution in [0.5, 0.6) is 0 Å². The first kappa shape index (κ1) is 16.5. The highest BCUT2D eigenvalue weighted by Crippen LogP contribution is 2.28. The normalized spacial score (nSPS) is 10.8. The molecule has 1 aromatic carbocycles. The average Bonchev–Trinajstić information content (AvgIpc) is 3.29. The number of fused-ring (bicyclic) bond motifs is 1. The quantitative estimate of drug-likeness (QED) is 0.370. The summed E-state index contributed by atoms with van der Waals surface area (Å²) in [5.74, 6) is -0.912. The molecule has 3 aromatic heterocycles. The number of benzene rings is 1. The number of rotatable bonds is 5. The van der Waals surface area contributed by atoms with Crippen molar-refractivity contribution in [2.24, 2.45) is 0 Å². The lowest BCUT2D eigenvalue weighted by Gasteiger charge is -2.07. The molecule has 0 aliphatic rings. The molecule has 4 N–H and O–H groups in total. The first-order chi connectivity index (χ1) is 13.1. The molecule has 8 nitrogen and oxygen atoms in total. The van der Waals surface area contributed by atoms with Gasteiger partial charge in [0.05, 0.1) is 6.54 Å². The van der Waals surface area contributed by atoms with E-state index < -0.39 is 11.7 Å². The number of nitrogens with zero attached hydrogens (tertiary/aromatic N) is 3. The first-order valence-corrected chi connectivity index (χ1v) is 8.28. The maximum atomic E-state index is 12.9. The van der Waals surface area contributed by atoms with E-state index in [4.69, 9.17) is 5.73 Å². The van der Waals surface area contributed by atoms with Crippen molar-refractivity contribution in [3.05, 3.63) is 72.3 Å². The molecule has 0 radical (unpaired) electrons.